The lowest BCUT2D eigenvalue weighted by Crippen LogP contribution is -2.38. The monoisotopic (exact) mass is 285 g/mol. The maximum atomic E-state index is 10.7. The van der Waals surface area contributed by atoms with Gasteiger partial charge in [-0.3, -0.25) is 15.0 Å². The second-order valence-corrected chi connectivity index (χ2v) is 5.69. The van der Waals surface area contributed by atoms with Crippen LogP contribution in [0.5, 0.6) is 0 Å². The number of rotatable bonds is 7. The van der Waals surface area contributed by atoms with Crippen molar-refractivity contribution in [3.63, 3.8) is 0 Å². The van der Waals surface area contributed by atoms with E-state index in [2.05, 4.69) is 10.2 Å². The lowest BCUT2D eigenvalue weighted by Gasteiger charge is -2.24. The molecule has 0 saturated carbocycles. The van der Waals surface area contributed by atoms with Crippen molar-refractivity contribution in [2.24, 2.45) is 0 Å². The fourth-order valence-corrected chi connectivity index (χ4v) is 3.12. The normalized spacial score (nSPS) is 19.2. The predicted octanol–water partition coefficient (Wildman–Crippen LogP) is 1.20. The van der Waals surface area contributed by atoms with E-state index in [0.717, 1.165) is 36.4 Å². The standard InChI is InChI=1S/C12H19N3O3S/c16-5-4-14(8-11-2-1-3-13-11)7-10-6-12(15(17)18)19-9-10/h6,9,11,13,16H,1-5,7-8H2. The molecule has 0 spiro atoms. The average Bonchev–Trinajstić information content (AvgIpc) is 3.00. The van der Waals surface area contributed by atoms with Gasteiger partial charge in [0.25, 0.3) is 0 Å². The minimum Gasteiger partial charge on any atom is -0.395 e. The molecule has 1 aromatic rings. The van der Waals surface area contributed by atoms with Crippen molar-refractivity contribution < 1.29 is 10.0 Å². The molecule has 0 aromatic carbocycles. The molecule has 1 saturated heterocycles. The average molecular weight is 285 g/mol. The molecule has 2 N–H and O–H groups in total. The molecule has 0 aliphatic carbocycles. The first-order chi connectivity index (χ1) is 9.19. The number of hydrogen-bond acceptors (Lipinski definition) is 6. The molecule has 7 heteroatoms. The van der Waals surface area contributed by atoms with E-state index in [1.54, 1.807) is 6.07 Å². The molecule has 1 aliphatic rings. The Labute approximate surface area is 116 Å². The summed E-state index contributed by atoms with van der Waals surface area (Å²) in [6, 6.07) is 2.09. The highest BCUT2D eigenvalue weighted by Gasteiger charge is 2.19. The molecule has 1 aliphatic heterocycles. The quantitative estimate of drug-likeness (QED) is 0.581. The van der Waals surface area contributed by atoms with E-state index in [4.69, 9.17) is 5.11 Å². The molecular formula is C12H19N3O3S. The molecule has 1 aromatic heterocycles. The highest BCUT2D eigenvalue weighted by Crippen LogP contribution is 2.23. The van der Waals surface area contributed by atoms with Crippen molar-refractivity contribution in [2.45, 2.75) is 25.4 Å². The third kappa shape index (κ3) is 4.24. The summed E-state index contributed by atoms with van der Waals surface area (Å²) in [6.45, 7) is 3.30. The molecule has 106 valence electrons. The Bertz CT molecular complexity index is 418. The lowest BCUT2D eigenvalue weighted by atomic mass is 10.2. The predicted molar refractivity (Wildman–Crippen MR) is 74.4 cm³/mol. The van der Waals surface area contributed by atoms with Crippen LogP contribution in [0.4, 0.5) is 5.00 Å². The number of nitrogens with one attached hydrogen (secondary N) is 1. The highest BCUT2D eigenvalue weighted by atomic mass is 32.1. The van der Waals surface area contributed by atoms with Crippen LogP contribution in [0.3, 0.4) is 0 Å². The minimum absolute atomic E-state index is 0.110. The summed E-state index contributed by atoms with van der Waals surface area (Å²) in [5, 5.41) is 25.2. The van der Waals surface area contributed by atoms with Gasteiger partial charge in [0.2, 0.25) is 0 Å². The van der Waals surface area contributed by atoms with Crippen LogP contribution in [0.15, 0.2) is 11.4 Å². The van der Waals surface area contributed by atoms with Crippen LogP contribution in [0.2, 0.25) is 0 Å². The third-order valence-electron chi connectivity index (χ3n) is 3.28. The number of aliphatic hydroxyl groups excluding tert-OH is 1. The van der Waals surface area contributed by atoms with Crippen molar-refractivity contribution in [3.8, 4) is 0 Å². The van der Waals surface area contributed by atoms with Gasteiger partial charge in [0.05, 0.1) is 11.5 Å². The first kappa shape index (κ1) is 14.4. The van der Waals surface area contributed by atoms with Gasteiger partial charge < -0.3 is 10.4 Å². The molecule has 1 atom stereocenters. The molecule has 0 bridgehead atoms. The minimum atomic E-state index is -0.358. The summed E-state index contributed by atoms with van der Waals surface area (Å²) in [5.74, 6) is 0. The van der Waals surface area contributed by atoms with E-state index in [-0.39, 0.29) is 16.5 Å². The fourth-order valence-electron chi connectivity index (χ4n) is 2.40. The first-order valence-corrected chi connectivity index (χ1v) is 7.35. The van der Waals surface area contributed by atoms with Gasteiger partial charge >= 0.3 is 5.00 Å². The maximum absolute atomic E-state index is 10.7. The van der Waals surface area contributed by atoms with Gasteiger partial charge in [-0.25, -0.2) is 0 Å². The van der Waals surface area contributed by atoms with Gasteiger partial charge in [0.15, 0.2) is 0 Å². The van der Waals surface area contributed by atoms with E-state index in [1.807, 2.05) is 5.38 Å². The Kier molecular flexibility index (Phi) is 5.26. The van der Waals surface area contributed by atoms with Crippen molar-refractivity contribution in [1.82, 2.24) is 10.2 Å². The molecular weight excluding hydrogens is 266 g/mol. The van der Waals surface area contributed by atoms with Crippen LogP contribution in [0.1, 0.15) is 18.4 Å². The summed E-state index contributed by atoms with van der Waals surface area (Å²) >= 11 is 1.16. The maximum Gasteiger partial charge on any atom is 0.324 e. The molecule has 6 nitrogen and oxygen atoms in total. The summed E-state index contributed by atoms with van der Waals surface area (Å²) in [7, 11) is 0. The summed E-state index contributed by atoms with van der Waals surface area (Å²) in [6.07, 6.45) is 2.35. The largest absolute Gasteiger partial charge is 0.395 e. The van der Waals surface area contributed by atoms with E-state index in [1.165, 1.54) is 6.42 Å². The molecule has 0 radical (unpaired) electrons. The van der Waals surface area contributed by atoms with E-state index < -0.39 is 0 Å². The van der Waals surface area contributed by atoms with Crippen LogP contribution in [-0.2, 0) is 6.54 Å². The first-order valence-electron chi connectivity index (χ1n) is 6.47. The Morgan fingerprint density at radius 2 is 2.47 bits per heavy atom. The smallest absolute Gasteiger partial charge is 0.324 e. The second kappa shape index (κ2) is 6.95. The van der Waals surface area contributed by atoms with Crippen LogP contribution in [-0.4, -0.2) is 47.2 Å². The molecule has 19 heavy (non-hydrogen) atoms. The topological polar surface area (TPSA) is 78.6 Å². The summed E-state index contributed by atoms with van der Waals surface area (Å²) in [4.78, 5) is 12.4. The van der Waals surface area contributed by atoms with E-state index in [9.17, 15) is 10.1 Å². The zero-order chi connectivity index (χ0) is 13.7. The van der Waals surface area contributed by atoms with Gasteiger partial charge in [-0.15, -0.1) is 0 Å². The zero-order valence-electron chi connectivity index (χ0n) is 10.7. The van der Waals surface area contributed by atoms with Crippen LogP contribution in [0.25, 0.3) is 0 Å². The van der Waals surface area contributed by atoms with Gasteiger partial charge in [-0.2, -0.15) is 0 Å². The van der Waals surface area contributed by atoms with Crippen LogP contribution < -0.4 is 5.32 Å². The molecule has 2 heterocycles. The molecule has 2 rings (SSSR count). The van der Waals surface area contributed by atoms with E-state index >= 15 is 0 Å². The Morgan fingerprint density at radius 1 is 1.63 bits per heavy atom. The Morgan fingerprint density at radius 3 is 3.05 bits per heavy atom. The lowest BCUT2D eigenvalue weighted by molar-refractivity contribution is -0.380. The van der Waals surface area contributed by atoms with Gasteiger partial charge in [-0.05, 0) is 24.9 Å². The van der Waals surface area contributed by atoms with Crippen LogP contribution in [0, 0.1) is 10.1 Å². The summed E-state index contributed by atoms with van der Waals surface area (Å²) < 4.78 is 0. The third-order valence-corrected chi connectivity index (χ3v) is 4.21. The van der Waals surface area contributed by atoms with Gasteiger partial charge in [0, 0.05) is 37.1 Å². The number of nitro groups is 1. The SMILES string of the molecule is O=[N+]([O-])c1cc(CN(CCO)CC2CCCN2)cs1. The fraction of sp³-hybridized carbons (Fsp3) is 0.667. The molecule has 1 unspecified atom stereocenters. The molecule has 0 amide bonds. The summed E-state index contributed by atoms with van der Waals surface area (Å²) in [5.41, 5.74) is 0.947. The number of thiophene rings is 1. The molecule has 1 fully saturated rings. The number of aliphatic hydroxyl groups is 1. The number of nitrogens with zero attached hydrogens (tertiary/aromatic N) is 2. The highest BCUT2D eigenvalue weighted by molar-refractivity contribution is 7.13. The van der Waals surface area contributed by atoms with Crippen LogP contribution >= 0.6 is 11.3 Å². The van der Waals surface area contributed by atoms with Crippen molar-refractivity contribution in [3.05, 3.63) is 27.1 Å². The second-order valence-electron chi connectivity index (χ2n) is 4.80. The Balaban J connectivity index is 1.92. The van der Waals surface area contributed by atoms with Gasteiger partial charge in [-0.1, -0.05) is 11.3 Å². The zero-order valence-corrected chi connectivity index (χ0v) is 11.6. The van der Waals surface area contributed by atoms with Crippen molar-refractivity contribution in [2.75, 3.05) is 26.2 Å². The number of hydrogen-bond donors (Lipinski definition) is 2. The Hall–Kier alpha value is -1.02. The van der Waals surface area contributed by atoms with E-state index in [0.29, 0.717) is 19.1 Å². The van der Waals surface area contributed by atoms with Crippen molar-refractivity contribution in [1.29, 1.82) is 0 Å². The van der Waals surface area contributed by atoms with Gasteiger partial charge in [0.1, 0.15) is 0 Å². The van der Waals surface area contributed by atoms with Crippen molar-refractivity contribution >= 4 is 16.3 Å².